The highest BCUT2D eigenvalue weighted by atomic mass is 35.5. The van der Waals surface area contributed by atoms with Gasteiger partial charge in [-0.2, -0.15) is 4.31 Å². The Hall–Kier alpha value is -1.96. The van der Waals surface area contributed by atoms with Crippen LogP contribution in [-0.2, 0) is 21.4 Å². The van der Waals surface area contributed by atoms with E-state index in [0.717, 1.165) is 4.31 Å². The van der Waals surface area contributed by atoms with Gasteiger partial charge >= 0.3 is 0 Å². The average molecular weight is 413 g/mol. The molecule has 0 bridgehead atoms. The van der Waals surface area contributed by atoms with Crippen molar-refractivity contribution in [2.75, 3.05) is 13.1 Å². The van der Waals surface area contributed by atoms with Crippen LogP contribution in [0.5, 0.6) is 0 Å². The zero-order chi connectivity index (χ0) is 20.0. The minimum atomic E-state index is -3.94. The number of nitrogens with zero attached hydrogens (tertiary/aromatic N) is 1. The molecule has 0 radical (unpaired) electrons. The molecule has 146 valence electrons. The summed E-state index contributed by atoms with van der Waals surface area (Å²) in [6.45, 7) is 3.95. The normalized spacial score (nSPS) is 11.8. The molecule has 2 aromatic rings. The van der Waals surface area contributed by atoms with E-state index in [4.69, 9.17) is 11.6 Å². The summed E-state index contributed by atoms with van der Waals surface area (Å²) in [5.41, 5.74) is 0.575. The van der Waals surface area contributed by atoms with E-state index in [-0.39, 0.29) is 23.9 Å². The number of rotatable bonds is 8. The molecule has 1 amide bonds. The number of hydrogen-bond acceptors (Lipinski definition) is 3. The third-order valence-corrected chi connectivity index (χ3v) is 5.81. The molecule has 5 nitrogen and oxygen atoms in total. The maximum Gasteiger partial charge on any atom is 0.243 e. The molecule has 0 aliphatic heterocycles. The predicted octanol–water partition coefficient (Wildman–Crippen LogP) is 3.44. The Balaban J connectivity index is 2.28. The van der Waals surface area contributed by atoms with E-state index in [9.17, 15) is 17.6 Å². The Morgan fingerprint density at radius 2 is 1.70 bits per heavy atom. The molecule has 0 saturated heterocycles. The van der Waals surface area contributed by atoms with Gasteiger partial charge in [-0.3, -0.25) is 4.79 Å². The van der Waals surface area contributed by atoms with E-state index in [1.54, 1.807) is 0 Å². The van der Waals surface area contributed by atoms with Crippen molar-refractivity contribution in [1.29, 1.82) is 0 Å². The van der Waals surface area contributed by atoms with Gasteiger partial charge in [-0.1, -0.05) is 37.6 Å². The fourth-order valence-electron chi connectivity index (χ4n) is 2.31. The van der Waals surface area contributed by atoms with Crippen molar-refractivity contribution in [2.45, 2.75) is 25.3 Å². The highest BCUT2D eigenvalue weighted by molar-refractivity contribution is 7.89. The summed E-state index contributed by atoms with van der Waals surface area (Å²) in [7, 11) is -3.94. The molecular formula is C19H22ClFN2O3S. The van der Waals surface area contributed by atoms with E-state index in [0.29, 0.717) is 17.1 Å². The number of benzene rings is 2. The number of halogens is 2. The molecule has 27 heavy (non-hydrogen) atoms. The number of nitrogens with one attached hydrogen (secondary N) is 1. The van der Waals surface area contributed by atoms with Crippen LogP contribution in [0.3, 0.4) is 0 Å². The second-order valence-corrected chi connectivity index (χ2v) is 8.93. The summed E-state index contributed by atoms with van der Waals surface area (Å²) in [6.07, 6.45) is 0. The van der Waals surface area contributed by atoms with Crippen LogP contribution >= 0.6 is 11.6 Å². The van der Waals surface area contributed by atoms with Crippen LogP contribution in [-0.4, -0.2) is 31.7 Å². The quantitative estimate of drug-likeness (QED) is 0.722. The van der Waals surface area contributed by atoms with E-state index >= 15 is 0 Å². The van der Waals surface area contributed by atoms with Crippen LogP contribution in [0.1, 0.15) is 19.4 Å². The van der Waals surface area contributed by atoms with Gasteiger partial charge in [0.05, 0.1) is 11.4 Å². The van der Waals surface area contributed by atoms with E-state index < -0.39 is 21.7 Å². The average Bonchev–Trinajstić information content (AvgIpc) is 2.61. The number of sulfonamides is 1. The zero-order valence-corrected chi connectivity index (χ0v) is 16.7. The van der Waals surface area contributed by atoms with Gasteiger partial charge < -0.3 is 5.32 Å². The summed E-state index contributed by atoms with van der Waals surface area (Å²) in [5, 5.41) is 3.12. The highest BCUT2D eigenvalue weighted by Gasteiger charge is 2.27. The fraction of sp³-hybridized carbons (Fsp3) is 0.316. The van der Waals surface area contributed by atoms with Gasteiger partial charge in [0.1, 0.15) is 5.82 Å². The van der Waals surface area contributed by atoms with Crippen LogP contribution in [0, 0.1) is 11.7 Å². The third kappa shape index (κ3) is 6.30. The van der Waals surface area contributed by atoms with Crippen molar-refractivity contribution in [3.63, 3.8) is 0 Å². The first-order valence-corrected chi connectivity index (χ1v) is 10.3. The third-order valence-electron chi connectivity index (χ3n) is 3.75. The van der Waals surface area contributed by atoms with Crippen LogP contribution in [0.2, 0.25) is 5.02 Å². The largest absolute Gasteiger partial charge is 0.355 e. The zero-order valence-electron chi connectivity index (χ0n) is 15.2. The van der Waals surface area contributed by atoms with Crippen molar-refractivity contribution in [3.05, 3.63) is 64.9 Å². The highest BCUT2D eigenvalue weighted by Crippen LogP contribution is 2.20. The van der Waals surface area contributed by atoms with Crippen molar-refractivity contribution in [1.82, 2.24) is 9.62 Å². The molecule has 0 heterocycles. The Bertz CT molecular complexity index is 869. The number of carbonyl (C=O) groups excluding carboxylic acids is 1. The number of hydrogen-bond donors (Lipinski definition) is 1. The Morgan fingerprint density at radius 1 is 1.11 bits per heavy atom. The molecule has 0 fully saturated rings. The van der Waals surface area contributed by atoms with E-state index in [1.165, 1.54) is 48.5 Å². The molecule has 2 aromatic carbocycles. The lowest BCUT2D eigenvalue weighted by Gasteiger charge is -2.22. The van der Waals surface area contributed by atoms with Crippen molar-refractivity contribution in [2.24, 2.45) is 5.92 Å². The van der Waals surface area contributed by atoms with E-state index in [1.807, 2.05) is 13.8 Å². The first kappa shape index (κ1) is 21.3. The summed E-state index contributed by atoms with van der Waals surface area (Å²) in [5.74, 6) is -0.573. The summed E-state index contributed by atoms with van der Waals surface area (Å²) in [6, 6.07) is 11.2. The molecule has 0 unspecified atom stereocenters. The molecule has 8 heteroatoms. The minimum Gasteiger partial charge on any atom is -0.355 e. The monoisotopic (exact) mass is 412 g/mol. The molecule has 1 N–H and O–H groups in total. The summed E-state index contributed by atoms with van der Waals surface area (Å²) in [4.78, 5) is 12.3. The van der Waals surface area contributed by atoms with Crippen LogP contribution < -0.4 is 5.32 Å². The number of carbonyl (C=O) groups is 1. The molecule has 2 rings (SSSR count). The first-order chi connectivity index (χ1) is 12.7. The second-order valence-electron chi connectivity index (χ2n) is 6.55. The van der Waals surface area contributed by atoms with Gasteiger partial charge in [0.2, 0.25) is 15.9 Å². The summed E-state index contributed by atoms with van der Waals surface area (Å²) >= 11 is 5.83. The van der Waals surface area contributed by atoms with Crippen LogP contribution in [0.15, 0.2) is 53.4 Å². The van der Waals surface area contributed by atoms with Gasteiger partial charge in [-0.15, -0.1) is 0 Å². The smallest absolute Gasteiger partial charge is 0.243 e. The van der Waals surface area contributed by atoms with Gasteiger partial charge in [0.15, 0.2) is 0 Å². The van der Waals surface area contributed by atoms with E-state index in [2.05, 4.69) is 5.32 Å². The van der Waals surface area contributed by atoms with Crippen LogP contribution in [0.25, 0.3) is 0 Å². The lowest BCUT2D eigenvalue weighted by molar-refractivity contribution is -0.121. The molecule has 0 aliphatic rings. The predicted molar refractivity (Wildman–Crippen MR) is 103 cm³/mol. The topological polar surface area (TPSA) is 66.5 Å². The lowest BCUT2D eigenvalue weighted by atomic mass is 10.2. The number of amides is 1. The summed E-state index contributed by atoms with van der Waals surface area (Å²) < 4.78 is 40.2. The lowest BCUT2D eigenvalue weighted by Crippen LogP contribution is -2.41. The minimum absolute atomic E-state index is 0.0330. The molecule has 0 aliphatic carbocycles. The van der Waals surface area contributed by atoms with Crippen molar-refractivity contribution in [3.8, 4) is 0 Å². The SMILES string of the molecule is CC(C)CNC(=O)CN(Cc1ccc(F)cc1)S(=O)(=O)c1ccc(Cl)cc1. The molecular weight excluding hydrogens is 391 g/mol. The fourth-order valence-corrected chi connectivity index (χ4v) is 3.82. The van der Waals surface area contributed by atoms with Gasteiger partial charge in [0, 0.05) is 18.1 Å². The van der Waals surface area contributed by atoms with Gasteiger partial charge in [-0.25, -0.2) is 12.8 Å². The molecule has 0 aromatic heterocycles. The Kier molecular flexibility index (Phi) is 7.35. The molecule has 0 spiro atoms. The first-order valence-electron chi connectivity index (χ1n) is 8.45. The maximum atomic E-state index is 13.1. The van der Waals surface area contributed by atoms with Crippen LogP contribution in [0.4, 0.5) is 4.39 Å². The second kappa shape index (κ2) is 9.30. The van der Waals surface area contributed by atoms with Gasteiger partial charge in [-0.05, 0) is 47.9 Å². The maximum absolute atomic E-state index is 13.1. The molecule has 0 saturated carbocycles. The Morgan fingerprint density at radius 3 is 2.26 bits per heavy atom. The standard InChI is InChI=1S/C19H22ClFN2O3S/c1-14(2)11-22-19(24)13-23(12-15-3-7-17(21)8-4-15)27(25,26)18-9-5-16(20)6-10-18/h3-10,14H,11-13H2,1-2H3,(H,22,24). The van der Waals surface area contributed by atoms with Gasteiger partial charge in [0.25, 0.3) is 0 Å². The Labute approximate surface area is 164 Å². The molecule has 0 atom stereocenters. The van der Waals surface area contributed by atoms with Crippen molar-refractivity contribution >= 4 is 27.5 Å². The van der Waals surface area contributed by atoms with Crippen molar-refractivity contribution < 1.29 is 17.6 Å².